The number of nitrogens with one attached hydrogen (secondary N) is 1. The minimum absolute atomic E-state index is 0.152. The summed E-state index contributed by atoms with van der Waals surface area (Å²) in [5.41, 5.74) is 1.36. The van der Waals surface area contributed by atoms with Crippen molar-refractivity contribution in [3.8, 4) is 0 Å². The molecular weight excluding hydrogens is 332 g/mol. The molecule has 6 nitrogen and oxygen atoms in total. The first-order chi connectivity index (χ1) is 12.4. The van der Waals surface area contributed by atoms with Gasteiger partial charge in [-0.3, -0.25) is 9.59 Å². The zero-order chi connectivity index (χ0) is 19.5. The third kappa shape index (κ3) is 7.09. The highest BCUT2D eigenvalue weighted by Crippen LogP contribution is 2.09. The van der Waals surface area contributed by atoms with E-state index in [1.807, 2.05) is 25.1 Å². The first kappa shape index (κ1) is 21.4. The lowest BCUT2D eigenvalue weighted by Crippen LogP contribution is -2.39. The highest BCUT2D eigenvalue weighted by Gasteiger charge is 2.16. The maximum absolute atomic E-state index is 12.2. The average Bonchev–Trinajstić information content (AvgIpc) is 2.66. The van der Waals surface area contributed by atoms with Crippen LogP contribution in [0, 0.1) is 0 Å². The molecule has 142 valence electrons. The second-order valence-electron chi connectivity index (χ2n) is 6.05. The number of carbonyl (C=O) groups is 3. The van der Waals surface area contributed by atoms with Gasteiger partial charge < -0.3 is 15.0 Å². The summed E-state index contributed by atoms with van der Waals surface area (Å²) in [6.07, 6.45) is 6.03. The molecule has 26 heavy (non-hydrogen) atoms. The van der Waals surface area contributed by atoms with E-state index in [4.69, 9.17) is 0 Å². The predicted octanol–water partition coefficient (Wildman–Crippen LogP) is 2.64. The van der Waals surface area contributed by atoms with Crippen LogP contribution < -0.4 is 5.32 Å². The van der Waals surface area contributed by atoms with E-state index in [2.05, 4.69) is 10.1 Å². The molecule has 2 amide bonds. The highest BCUT2D eigenvalue weighted by molar-refractivity contribution is 5.97. The third-order valence-corrected chi connectivity index (χ3v) is 4.02. The van der Waals surface area contributed by atoms with E-state index in [1.54, 1.807) is 37.1 Å². The fourth-order valence-electron chi connectivity index (χ4n) is 2.26. The Morgan fingerprint density at radius 1 is 1.31 bits per heavy atom. The zero-order valence-electron chi connectivity index (χ0n) is 16.0. The number of allylic oxidation sites excluding steroid dienone is 1. The van der Waals surface area contributed by atoms with E-state index in [0.29, 0.717) is 12.0 Å². The normalized spacial score (nSPS) is 11.8. The largest absolute Gasteiger partial charge is 0.467 e. The van der Waals surface area contributed by atoms with Crippen molar-refractivity contribution in [1.29, 1.82) is 0 Å². The van der Waals surface area contributed by atoms with Crippen molar-refractivity contribution in [2.24, 2.45) is 0 Å². The Labute approximate surface area is 155 Å². The summed E-state index contributed by atoms with van der Waals surface area (Å²) in [4.78, 5) is 37.0. The predicted molar refractivity (Wildman–Crippen MR) is 102 cm³/mol. The molecule has 0 aliphatic rings. The van der Waals surface area contributed by atoms with E-state index in [9.17, 15) is 14.4 Å². The molecule has 0 radical (unpaired) electrons. The van der Waals surface area contributed by atoms with E-state index in [-0.39, 0.29) is 11.8 Å². The second-order valence-corrected chi connectivity index (χ2v) is 6.05. The first-order valence-corrected chi connectivity index (χ1v) is 8.78. The lowest BCUT2D eigenvalue weighted by molar-refractivity contribution is -0.142. The smallest absolute Gasteiger partial charge is 0.328 e. The number of unbranched alkanes of at least 4 members (excludes halogenated alkanes) is 1. The molecule has 0 bridgehead atoms. The van der Waals surface area contributed by atoms with Gasteiger partial charge in [-0.1, -0.05) is 24.3 Å². The number of rotatable bonds is 9. The van der Waals surface area contributed by atoms with Crippen LogP contribution in [0.1, 0.15) is 49.0 Å². The molecule has 0 saturated heterocycles. The van der Waals surface area contributed by atoms with Crippen molar-refractivity contribution in [2.45, 2.75) is 39.2 Å². The van der Waals surface area contributed by atoms with Crippen LogP contribution in [0.2, 0.25) is 0 Å². The number of hydrogen-bond acceptors (Lipinski definition) is 4. The second kappa shape index (κ2) is 11.1. The Kier molecular flexibility index (Phi) is 9.12. The number of methoxy groups -OCH3 is 1. The molecule has 0 heterocycles. The van der Waals surface area contributed by atoms with Crippen LogP contribution in [-0.4, -0.2) is 49.4 Å². The van der Waals surface area contributed by atoms with Crippen LogP contribution in [-0.2, 0) is 14.3 Å². The minimum atomic E-state index is -0.703. The van der Waals surface area contributed by atoms with Crippen molar-refractivity contribution >= 4 is 23.9 Å². The number of hydrogen-bond donors (Lipinski definition) is 1. The highest BCUT2D eigenvalue weighted by atomic mass is 16.5. The monoisotopic (exact) mass is 360 g/mol. The van der Waals surface area contributed by atoms with Gasteiger partial charge in [0.15, 0.2) is 0 Å². The fourth-order valence-corrected chi connectivity index (χ4v) is 2.26. The standard InChI is InChI=1S/C20H28N2O4/c1-5-22(3)18(23)13-8-6-7-10-16-11-9-12-17(14-16)19(24)21-15(2)20(25)26-4/h7,9-12,14-15H,5-6,8,13H2,1-4H3,(H,21,24)/b10-7-/t15-/m0/s1. The quantitative estimate of drug-likeness (QED) is 0.543. The van der Waals surface area contributed by atoms with Crippen LogP contribution in [0.3, 0.4) is 0 Å². The number of carbonyl (C=O) groups excluding carboxylic acids is 3. The molecular formula is C20H28N2O4. The molecule has 0 saturated carbocycles. The van der Waals surface area contributed by atoms with Gasteiger partial charge in [-0.15, -0.1) is 0 Å². The molecule has 0 fully saturated rings. The van der Waals surface area contributed by atoms with E-state index in [1.165, 1.54) is 7.11 Å². The molecule has 0 aromatic heterocycles. The van der Waals surface area contributed by atoms with Gasteiger partial charge in [0.25, 0.3) is 5.91 Å². The van der Waals surface area contributed by atoms with Gasteiger partial charge in [0.2, 0.25) is 5.91 Å². The van der Waals surface area contributed by atoms with Crippen molar-refractivity contribution in [2.75, 3.05) is 20.7 Å². The summed E-state index contributed by atoms with van der Waals surface area (Å²) in [5, 5.41) is 2.60. The zero-order valence-corrected chi connectivity index (χ0v) is 16.0. The van der Waals surface area contributed by atoms with Crippen LogP contribution in [0.4, 0.5) is 0 Å². The summed E-state index contributed by atoms with van der Waals surface area (Å²) < 4.78 is 4.60. The molecule has 1 N–H and O–H groups in total. The van der Waals surface area contributed by atoms with Gasteiger partial charge in [-0.2, -0.15) is 0 Å². The van der Waals surface area contributed by atoms with Crippen molar-refractivity contribution in [1.82, 2.24) is 10.2 Å². The summed E-state index contributed by atoms with van der Waals surface area (Å²) in [6, 6.07) is 6.43. The van der Waals surface area contributed by atoms with Crippen LogP contribution in [0.25, 0.3) is 6.08 Å². The Morgan fingerprint density at radius 3 is 2.69 bits per heavy atom. The number of esters is 1. The third-order valence-electron chi connectivity index (χ3n) is 4.02. The summed E-state index contributed by atoms with van der Waals surface area (Å²) in [5.74, 6) is -0.664. The van der Waals surface area contributed by atoms with E-state index >= 15 is 0 Å². The number of ether oxygens (including phenoxy) is 1. The Bertz CT molecular complexity index is 655. The Balaban J connectivity index is 2.54. The van der Waals surface area contributed by atoms with Crippen LogP contribution in [0.5, 0.6) is 0 Å². The van der Waals surface area contributed by atoms with Gasteiger partial charge in [0.1, 0.15) is 6.04 Å². The molecule has 0 unspecified atom stereocenters. The minimum Gasteiger partial charge on any atom is -0.467 e. The number of nitrogens with zero attached hydrogens (tertiary/aromatic N) is 1. The SMILES string of the molecule is CCN(C)C(=O)CCC/C=C\c1cccc(C(=O)N[C@@H](C)C(=O)OC)c1. The Morgan fingerprint density at radius 2 is 2.04 bits per heavy atom. The fraction of sp³-hybridized carbons (Fsp3) is 0.450. The topological polar surface area (TPSA) is 75.7 Å². The molecule has 6 heteroatoms. The van der Waals surface area contributed by atoms with Gasteiger partial charge in [0.05, 0.1) is 7.11 Å². The van der Waals surface area contributed by atoms with Crippen molar-refractivity contribution in [3.63, 3.8) is 0 Å². The number of amides is 2. The van der Waals surface area contributed by atoms with Gasteiger partial charge in [0, 0.05) is 25.6 Å². The molecule has 0 aliphatic heterocycles. The average molecular weight is 360 g/mol. The molecule has 1 atom stereocenters. The van der Waals surface area contributed by atoms with Gasteiger partial charge >= 0.3 is 5.97 Å². The number of benzene rings is 1. The Hall–Kier alpha value is -2.63. The molecule has 1 aromatic rings. The summed E-state index contributed by atoms with van der Waals surface area (Å²) in [7, 11) is 3.08. The maximum Gasteiger partial charge on any atom is 0.328 e. The molecule has 1 aromatic carbocycles. The summed E-state index contributed by atoms with van der Waals surface area (Å²) in [6.45, 7) is 4.25. The first-order valence-electron chi connectivity index (χ1n) is 8.78. The van der Waals surface area contributed by atoms with Gasteiger partial charge in [-0.05, 0) is 44.4 Å². The lowest BCUT2D eigenvalue weighted by atomic mass is 10.1. The van der Waals surface area contributed by atoms with Crippen molar-refractivity contribution < 1.29 is 19.1 Å². The molecule has 0 aliphatic carbocycles. The van der Waals surface area contributed by atoms with E-state index in [0.717, 1.165) is 24.9 Å². The van der Waals surface area contributed by atoms with Crippen LogP contribution in [0.15, 0.2) is 30.3 Å². The molecule has 1 rings (SSSR count). The molecule has 0 spiro atoms. The van der Waals surface area contributed by atoms with E-state index < -0.39 is 12.0 Å². The van der Waals surface area contributed by atoms with Crippen LogP contribution >= 0.6 is 0 Å². The summed E-state index contributed by atoms with van der Waals surface area (Å²) >= 11 is 0. The van der Waals surface area contributed by atoms with Gasteiger partial charge in [-0.25, -0.2) is 4.79 Å². The lowest BCUT2D eigenvalue weighted by Gasteiger charge is -2.13. The maximum atomic E-state index is 12.2. The van der Waals surface area contributed by atoms with Crippen molar-refractivity contribution in [3.05, 3.63) is 41.5 Å².